The molecule has 1 unspecified atom stereocenters. The molecule has 0 radical (unpaired) electrons. The van der Waals surface area contributed by atoms with Crippen LogP contribution in [0, 0.1) is 5.92 Å². The fourth-order valence-corrected chi connectivity index (χ4v) is 1.54. The van der Waals surface area contributed by atoms with Crippen LogP contribution in [0.2, 0.25) is 10.0 Å². The number of amides is 1. The first-order chi connectivity index (χ1) is 7.91. The maximum absolute atomic E-state index is 11.8. The van der Waals surface area contributed by atoms with Crippen molar-refractivity contribution in [3.8, 4) is 0 Å². The van der Waals surface area contributed by atoms with E-state index < -0.39 is 0 Å². The Kier molecular flexibility index (Phi) is 5.57. The van der Waals surface area contributed by atoms with E-state index in [2.05, 4.69) is 5.32 Å². The van der Waals surface area contributed by atoms with E-state index >= 15 is 0 Å². The molecular weight excluding hydrogens is 280 g/mol. The topological polar surface area (TPSA) is 29.1 Å². The quantitative estimate of drug-likeness (QED) is 0.836. The minimum absolute atomic E-state index is 0.0817. The lowest BCUT2D eigenvalue weighted by Gasteiger charge is -2.14. The molecule has 1 rings (SSSR count). The van der Waals surface area contributed by atoms with Gasteiger partial charge in [-0.15, -0.1) is 11.6 Å². The van der Waals surface area contributed by atoms with Crippen molar-refractivity contribution in [2.75, 3.05) is 6.54 Å². The summed E-state index contributed by atoms with van der Waals surface area (Å²) in [6.07, 6.45) is 0. The highest BCUT2D eigenvalue weighted by atomic mass is 35.5. The Balaban J connectivity index is 2.61. The van der Waals surface area contributed by atoms with Gasteiger partial charge in [0.25, 0.3) is 5.91 Å². The number of hydrogen-bond donors (Lipinski definition) is 1. The number of hydrogen-bond acceptors (Lipinski definition) is 1. The second-order valence-electron chi connectivity index (χ2n) is 4.10. The van der Waals surface area contributed by atoms with Crippen LogP contribution in [0.25, 0.3) is 0 Å². The minimum Gasteiger partial charge on any atom is -0.351 e. The Labute approximate surface area is 116 Å². The molecule has 0 aliphatic carbocycles. The third kappa shape index (κ3) is 4.38. The highest BCUT2D eigenvalue weighted by molar-refractivity contribution is 6.42. The van der Waals surface area contributed by atoms with Crippen LogP contribution in [0.1, 0.15) is 24.2 Å². The van der Waals surface area contributed by atoms with Crippen molar-refractivity contribution in [2.24, 2.45) is 5.92 Å². The van der Waals surface area contributed by atoms with Gasteiger partial charge in [0.05, 0.1) is 15.4 Å². The molecule has 2 nitrogen and oxygen atoms in total. The Bertz CT molecular complexity index is 407. The minimum atomic E-state index is -0.199. The summed E-state index contributed by atoms with van der Waals surface area (Å²) in [5, 5.41) is 3.47. The molecule has 1 atom stereocenters. The molecule has 0 aromatic heterocycles. The summed E-state index contributed by atoms with van der Waals surface area (Å²) in [7, 11) is 0. The molecule has 1 amide bonds. The van der Waals surface area contributed by atoms with Crippen molar-refractivity contribution in [1.29, 1.82) is 0 Å². The number of benzene rings is 1. The summed E-state index contributed by atoms with van der Waals surface area (Å²) in [6.45, 7) is 4.43. The number of nitrogens with one attached hydrogen (secondary N) is 1. The number of rotatable bonds is 4. The van der Waals surface area contributed by atoms with E-state index in [9.17, 15) is 4.79 Å². The molecule has 0 bridgehead atoms. The molecular formula is C12H14Cl3NO. The molecule has 94 valence electrons. The number of carbonyl (C=O) groups is 1. The van der Waals surface area contributed by atoms with Crippen LogP contribution in [-0.4, -0.2) is 17.8 Å². The zero-order valence-electron chi connectivity index (χ0n) is 9.64. The predicted octanol–water partition coefficient (Wildman–Crippen LogP) is 3.99. The van der Waals surface area contributed by atoms with Gasteiger partial charge in [-0.05, 0) is 24.1 Å². The molecule has 0 spiro atoms. The molecule has 1 N–H and O–H groups in total. The molecule has 0 saturated carbocycles. The number of halogens is 3. The second kappa shape index (κ2) is 6.48. The Hall–Kier alpha value is -0.440. The largest absolute Gasteiger partial charge is 0.351 e. The Morgan fingerprint density at radius 1 is 1.29 bits per heavy atom. The average Bonchev–Trinajstić information content (AvgIpc) is 2.28. The smallest absolute Gasteiger partial charge is 0.251 e. The van der Waals surface area contributed by atoms with Crippen LogP contribution in [0.5, 0.6) is 0 Å². The van der Waals surface area contributed by atoms with E-state index in [-0.39, 0.29) is 11.3 Å². The monoisotopic (exact) mass is 293 g/mol. The SMILES string of the molecule is CC(C)C(Cl)CNC(=O)c1ccc(Cl)c(Cl)c1. The normalized spacial score (nSPS) is 12.6. The summed E-state index contributed by atoms with van der Waals surface area (Å²) in [4.78, 5) is 11.8. The fourth-order valence-electron chi connectivity index (χ4n) is 1.17. The van der Waals surface area contributed by atoms with Crippen molar-refractivity contribution in [3.05, 3.63) is 33.8 Å². The molecule has 1 aromatic rings. The van der Waals surface area contributed by atoms with Gasteiger partial charge in [-0.1, -0.05) is 37.0 Å². The molecule has 0 saturated heterocycles. The van der Waals surface area contributed by atoms with Crippen molar-refractivity contribution < 1.29 is 4.79 Å². The number of carbonyl (C=O) groups excluding carboxylic acids is 1. The van der Waals surface area contributed by atoms with Crippen LogP contribution in [0.3, 0.4) is 0 Å². The molecule has 0 heterocycles. The lowest BCUT2D eigenvalue weighted by atomic mass is 10.1. The van der Waals surface area contributed by atoms with Gasteiger partial charge in [-0.3, -0.25) is 4.79 Å². The van der Waals surface area contributed by atoms with Crippen molar-refractivity contribution in [2.45, 2.75) is 19.2 Å². The molecule has 5 heteroatoms. The molecule has 17 heavy (non-hydrogen) atoms. The van der Waals surface area contributed by atoms with Gasteiger partial charge in [0.1, 0.15) is 0 Å². The van der Waals surface area contributed by atoms with Gasteiger partial charge in [0, 0.05) is 12.1 Å². The van der Waals surface area contributed by atoms with Gasteiger partial charge in [0.15, 0.2) is 0 Å². The van der Waals surface area contributed by atoms with E-state index in [1.807, 2.05) is 13.8 Å². The first kappa shape index (κ1) is 14.6. The molecule has 0 fully saturated rings. The standard InChI is InChI=1S/C12H14Cl3NO/c1-7(2)11(15)6-16-12(17)8-3-4-9(13)10(14)5-8/h3-5,7,11H,6H2,1-2H3,(H,16,17). The third-order valence-electron chi connectivity index (χ3n) is 2.36. The average molecular weight is 295 g/mol. The zero-order valence-corrected chi connectivity index (χ0v) is 11.9. The van der Waals surface area contributed by atoms with Crippen molar-refractivity contribution in [1.82, 2.24) is 5.32 Å². The van der Waals surface area contributed by atoms with E-state index in [1.165, 1.54) is 6.07 Å². The highest BCUT2D eigenvalue weighted by Crippen LogP contribution is 2.22. The van der Waals surface area contributed by atoms with E-state index in [0.717, 1.165) is 0 Å². The summed E-state index contributed by atoms with van der Waals surface area (Å²) in [6, 6.07) is 4.76. The molecule has 0 aliphatic heterocycles. The first-order valence-electron chi connectivity index (χ1n) is 5.29. The Morgan fingerprint density at radius 3 is 2.47 bits per heavy atom. The lowest BCUT2D eigenvalue weighted by molar-refractivity contribution is 0.0952. The van der Waals surface area contributed by atoms with Crippen LogP contribution in [0.4, 0.5) is 0 Å². The summed E-state index contributed by atoms with van der Waals surface area (Å²) in [5.41, 5.74) is 0.479. The number of alkyl halides is 1. The second-order valence-corrected chi connectivity index (χ2v) is 5.47. The van der Waals surface area contributed by atoms with Crippen molar-refractivity contribution >= 4 is 40.7 Å². The fraction of sp³-hybridized carbons (Fsp3) is 0.417. The maximum Gasteiger partial charge on any atom is 0.251 e. The molecule has 1 aromatic carbocycles. The predicted molar refractivity (Wildman–Crippen MR) is 73.3 cm³/mol. The maximum atomic E-state index is 11.8. The van der Waals surface area contributed by atoms with Crippen LogP contribution in [0.15, 0.2) is 18.2 Å². The van der Waals surface area contributed by atoms with Gasteiger partial charge < -0.3 is 5.32 Å². The highest BCUT2D eigenvalue weighted by Gasteiger charge is 2.12. The van der Waals surface area contributed by atoms with Gasteiger partial charge in [0.2, 0.25) is 0 Å². The lowest BCUT2D eigenvalue weighted by Crippen LogP contribution is -2.31. The van der Waals surface area contributed by atoms with Gasteiger partial charge >= 0.3 is 0 Å². The molecule has 0 aliphatic rings. The summed E-state index contributed by atoms with van der Waals surface area (Å²) in [5.74, 6) is 0.112. The van der Waals surface area contributed by atoms with Crippen LogP contribution in [-0.2, 0) is 0 Å². The van der Waals surface area contributed by atoms with Crippen LogP contribution >= 0.6 is 34.8 Å². The van der Waals surface area contributed by atoms with E-state index in [0.29, 0.717) is 28.1 Å². The van der Waals surface area contributed by atoms with Crippen LogP contribution < -0.4 is 5.32 Å². The van der Waals surface area contributed by atoms with Crippen molar-refractivity contribution in [3.63, 3.8) is 0 Å². The Morgan fingerprint density at radius 2 is 1.94 bits per heavy atom. The van der Waals surface area contributed by atoms with Gasteiger partial charge in [-0.25, -0.2) is 0 Å². The van der Waals surface area contributed by atoms with E-state index in [1.54, 1.807) is 12.1 Å². The summed E-state index contributed by atoms with van der Waals surface area (Å²) >= 11 is 17.6. The van der Waals surface area contributed by atoms with Gasteiger partial charge in [-0.2, -0.15) is 0 Å². The van der Waals surface area contributed by atoms with E-state index in [4.69, 9.17) is 34.8 Å². The zero-order chi connectivity index (χ0) is 13.0. The summed E-state index contributed by atoms with van der Waals surface area (Å²) < 4.78 is 0. The third-order valence-corrected chi connectivity index (χ3v) is 3.76. The first-order valence-corrected chi connectivity index (χ1v) is 6.48.